The summed E-state index contributed by atoms with van der Waals surface area (Å²) in [4.78, 5) is 7.56. The van der Waals surface area contributed by atoms with Gasteiger partial charge in [0.25, 0.3) is 0 Å². The molecule has 0 aliphatic carbocycles. The van der Waals surface area contributed by atoms with Crippen molar-refractivity contribution in [2.45, 2.75) is 13.3 Å². The Labute approximate surface area is 70.1 Å². The maximum Gasteiger partial charge on any atom is 0.143 e. The molecule has 0 fully saturated rings. The van der Waals surface area contributed by atoms with Gasteiger partial charge in [0.15, 0.2) is 0 Å². The summed E-state index contributed by atoms with van der Waals surface area (Å²) in [5, 5.41) is 0. The number of halogens is 1. The molecule has 0 amide bonds. The molecule has 0 aliphatic heterocycles. The molecule has 0 spiro atoms. The highest BCUT2D eigenvalue weighted by Gasteiger charge is 1.93. The van der Waals surface area contributed by atoms with Crippen LogP contribution in [0.1, 0.15) is 13.3 Å². The Kier molecular flexibility index (Phi) is 2.74. The lowest BCUT2D eigenvalue weighted by molar-refractivity contribution is 0.622. The van der Waals surface area contributed by atoms with Crippen LogP contribution in [0, 0.1) is 5.82 Å². The molecule has 0 aromatic carbocycles. The molecular formula is C8H10FN3. The summed E-state index contributed by atoms with van der Waals surface area (Å²) in [5.41, 5.74) is 5.91. The van der Waals surface area contributed by atoms with Crippen LogP contribution in [0.3, 0.4) is 0 Å². The van der Waals surface area contributed by atoms with Crippen molar-refractivity contribution in [3.8, 4) is 0 Å². The second kappa shape index (κ2) is 3.80. The average molecular weight is 167 g/mol. The van der Waals surface area contributed by atoms with E-state index in [1.54, 1.807) is 0 Å². The Morgan fingerprint density at radius 3 is 3.00 bits per heavy atom. The number of rotatable bonds is 2. The predicted molar refractivity (Wildman–Crippen MR) is 45.8 cm³/mol. The number of hydrogen-bond donors (Lipinski definition) is 1. The Bertz CT molecular complexity index is 296. The summed E-state index contributed by atoms with van der Waals surface area (Å²) >= 11 is 0. The predicted octanol–water partition coefficient (Wildman–Crippen LogP) is 1.62. The SMILES string of the molecule is CCC(N)=Nc1cncc(F)c1. The summed E-state index contributed by atoms with van der Waals surface area (Å²) in [5.74, 6) is 0.0718. The minimum Gasteiger partial charge on any atom is -0.387 e. The van der Waals surface area contributed by atoms with Crippen LogP contribution in [0.15, 0.2) is 23.5 Å². The monoisotopic (exact) mass is 167 g/mol. The molecular weight excluding hydrogens is 157 g/mol. The highest BCUT2D eigenvalue weighted by molar-refractivity contribution is 5.82. The number of nitrogens with two attached hydrogens (primary N) is 1. The molecule has 0 aliphatic rings. The van der Waals surface area contributed by atoms with E-state index in [0.29, 0.717) is 17.9 Å². The molecule has 1 aromatic heterocycles. The molecule has 0 unspecified atom stereocenters. The fourth-order valence-corrected chi connectivity index (χ4v) is 0.707. The second-order valence-electron chi connectivity index (χ2n) is 2.32. The third-order valence-electron chi connectivity index (χ3n) is 1.33. The van der Waals surface area contributed by atoms with E-state index in [4.69, 9.17) is 5.73 Å². The van der Waals surface area contributed by atoms with Crippen molar-refractivity contribution in [1.82, 2.24) is 4.98 Å². The minimum atomic E-state index is -0.403. The second-order valence-corrected chi connectivity index (χ2v) is 2.32. The largest absolute Gasteiger partial charge is 0.387 e. The molecule has 3 nitrogen and oxygen atoms in total. The third-order valence-corrected chi connectivity index (χ3v) is 1.33. The van der Waals surface area contributed by atoms with E-state index in [2.05, 4.69) is 9.98 Å². The van der Waals surface area contributed by atoms with E-state index in [-0.39, 0.29) is 0 Å². The summed E-state index contributed by atoms with van der Waals surface area (Å²) < 4.78 is 12.5. The lowest BCUT2D eigenvalue weighted by atomic mass is 10.4. The van der Waals surface area contributed by atoms with E-state index >= 15 is 0 Å². The Balaban J connectivity index is 2.89. The first-order valence-electron chi connectivity index (χ1n) is 3.66. The highest BCUT2D eigenvalue weighted by atomic mass is 19.1. The van der Waals surface area contributed by atoms with Crippen LogP contribution >= 0.6 is 0 Å². The van der Waals surface area contributed by atoms with Gasteiger partial charge in [-0.1, -0.05) is 6.92 Å². The van der Waals surface area contributed by atoms with Crippen molar-refractivity contribution in [3.05, 3.63) is 24.3 Å². The Hall–Kier alpha value is -1.45. The van der Waals surface area contributed by atoms with Crippen molar-refractivity contribution < 1.29 is 4.39 Å². The first kappa shape index (κ1) is 8.64. The summed E-state index contributed by atoms with van der Waals surface area (Å²) in [7, 11) is 0. The van der Waals surface area contributed by atoms with Crippen LogP contribution < -0.4 is 5.73 Å². The molecule has 2 N–H and O–H groups in total. The topological polar surface area (TPSA) is 51.3 Å². The molecule has 12 heavy (non-hydrogen) atoms. The zero-order valence-electron chi connectivity index (χ0n) is 6.79. The lowest BCUT2D eigenvalue weighted by Gasteiger charge is -1.95. The van der Waals surface area contributed by atoms with Gasteiger partial charge in [0.1, 0.15) is 5.82 Å². The zero-order valence-corrected chi connectivity index (χ0v) is 6.79. The van der Waals surface area contributed by atoms with Crippen LogP contribution in [-0.2, 0) is 0 Å². The number of pyridine rings is 1. The maximum absolute atomic E-state index is 12.5. The van der Waals surface area contributed by atoms with Gasteiger partial charge in [-0.25, -0.2) is 9.38 Å². The molecule has 1 aromatic rings. The summed E-state index contributed by atoms with van der Waals surface area (Å²) in [6, 6.07) is 1.29. The van der Waals surface area contributed by atoms with E-state index in [1.165, 1.54) is 12.3 Å². The Morgan fingerprint density at radius 2 is 2.42 bits per heavy atom. The lowest BCUT2D eigenvalue weighted by Crippen LogP contribution is -2.08. The standard InChI is InChI=1S/C8H10FN3/c1-2-8(10)12-7-3-6(9)4-11-5-7/h3-5H,2H2,1H3,(H2,10,12). The molecule has 0 atom stereocenters. The normalized spacial score (nSPS) is 11.7. The first-order valence-corrected chi connectivity index (χ1v) is 3.66. The molecule has 1 rings (SSSR count). The summed E-state index contributed by atoms with van der Waals surface area (Å²) in [6.07, 6.45) is 3.24. The first-order chi connectivity index (χ1) is 5.72. The molecule has 0 saturated heterocycles. The van der Waals surface area contributed by atoms with Crippen LogP contribution in [0.5, 0.6) is 0 Å². The number of aromatic nitrogens is 1. The molecule has 4 heteroatoms. The molecule has 0 saturated carbocycles. The van der Waals surface area contributed by atoms with Gasteiger partial charge >= 0.3 is 0 Å². The molecule has 64 valence electrons. The van der Waals surface area contributed by atoms with Crippen LogP contribution in [0.4, 0.5) is 10.1 Å². The van der Waals surface area contributed by atoms with Gasteiger partial charge in [-0.3, -0.25) is 4.98 Å². The van der Waals surface area contributed by atoms with Crippen LogP contribution in [0.2, 0.25) is 0 Å². The number of aliphatic imine (C=N–C) groups is 1. The van der Waals surface area contributed by atoms with E-state index < -0.39 is 5.82 Å². The van der Waals surface area contributed by atoms with Crippen molar-refractivity contribution in [2.24, 2.45) is 10.7 Å². The number of hydrogen-bond acceptors (Lipinski definition) is 2. The van der Waals surface area contributed by atoms with Crippen LogP contribution in [0.25, 0.3) is 0 Å². The number of nitrogens with zero attached hydrogens (tertiary/aromatic N) is 2. The third kappa shape index (κ3) is 2.30. The van der Waals surface area contributed by atoms with Gasteiger partial charge in [0.05, 0.1) is 23.9 Å². The smallest absolute Gasteiger partial charge is 0.143 e. The highest BCUT2D eigenvalue weighted by Crippen LogP contribution is 2.10. The average Bonchev–Trinajstić information content (AvgIpc) is 2.04. The number of amidine groups is 1. The molecule has 0 bridgehead atoms. The van der Waals surface area contributed by atoms with E-state index in [1.807, 2.05) is 6.92 Å². The summed E-state index contributed by atoms with van der Waals surface area (Å²) in [6.45, 7) is 1.88. The van der Waals surface area contributed by atoms with Gasteiger partial charge in [0.2, 0.25) is 0 Å². The molecule has 1 heterocycles. The fraction of sp³-hybridized carbons (Fsp3) is 0.250. The minimum absolute atomic E-state index is 0.403. The van der Waals surface area contributed by atoms with Crippen molar-refractivity contribution in [3.63, 3.8) is 0 Å². The van der Waals surface area contributed by atoms with Gasteiger partial charge in [-0.05, 0) is 0 Å². The van der Waals surface area contributed by atoms with E-state index in [0.717, 1.165) is 6.20 Å². The van der Waals surface area contributed by atoms with Crippen LogP contribution in [-0.4, -0.2) is 10.8 Å². The van der Waals surface area contributed by atoms with E-state index in [9.17, 15) is 4.39 Å². The van der Waals surface area contributed by atoms with Gasteiger partial charge in [0, 0.05) is 12.5 Å². The van der Waals surface area contributed by atoms with Gasteiger partial charge in [-0.15, -0.1) is 0 Å². The van der Waals surface area contributed by atoms with Crippen molar-refractivity contribution in [1.29, 1.82) is 0 Å². The van der Waals surface area contributed by atoms with Crippen molar-refractivity contribution >= 4 is 11.5 Å². The maximum atomic E-state index is 12.5. The zero-order chi connectivity index (χ0) is 8.97. The fourth-order valence-electron chi connectivity index (χ4n) is 0.707. The molecule has 0 radical (unpaired) electrons. The van der Waals surface area contributed by atoms with Gasteiger partial charge in [-0.2, -0.15) is 0 Å². The Morgan fingerprint density at radius 1 is 1.67 bits per heavy atom. The van der Waals surface area contributed by atoms with Crippen molar-refractivity contribution in [2.75, 3.05) is 0 Å². The van der Waals surface area contributed by atoms with Gasteiger partial charge < -0.3 is 5.73 Å². The quantitative estimate of drug-likeness (QED) is 0.537.